The van der Waals surface area contributed by atoms with E-state index in [4.69, 9.17) is 0 Å². The number of rotatable bonds is 4. The highest BCUT2D eigenvalue weighted by atomic mass is 16.2. The Morgan fingerprint density at radius 2 is 2.00 bits per heavy atom. The van der Waals surface area contributed by atoms with Crippen LogP contribution in [-0.2, 0) is 9.59 Å². The van der Waals surface area contributed by atoms with Crippen LogP contribution in [0.4, 0.5) is 4.79 Å². The second-order valence-electron chi connectivity index (χ2n) is 4.42. The summed E-state index contributed by atoms with van der Waals surface area (Å²) >= 11 is 0. The molecule has 19 heavy (non-hydrogen) atoms. The molecule has 1 saturated heterocycles. The number of amides is 4. The highest BCUT2D eigenvalue weighted by Gasteiger charge is 2.31. The van der Waals surface area contributed by atoms with Crippen LogP contribution in [0.1, 0.15) is 24.9 Å². The summed E-state index contributed by atoms with van der Waals surface area (Å²) < 4.78 is 0. The highest BCUT2D eigenvalue weighted by Crippen LogP contribution is 2.11. The van der Waals surface area contributed by atoms with E-state index in [2.05, 4.69) is 16.0 Å². The van der Waals surface area contributed by atoms with Crippen LogP contribution in [0.15, 0.2) is 30.3 Å². The molecule has 0 radical (unpaired) electrons. The lowest BCUT2D eigenvalue weighted by molar-refractivity contribution is -0.126. The Hall–Kier alpha value is -2.37. The molecule has 4 amide bonds. The molecule has 1 aromatic carbocycles. The van der Waals surface area contributed by atoms with Crippen molar-refractivity contribution in [2.45, 2.75) is 25.4 Å². The number of urea groups is 1. The summed E-state index contributed by atoms with van der Waals surface area (Å²) in [6, 6.07) is 8.02. The zero-order valence-corrected chi connectivity index (χ0v) is 10.5. The van der Waals surface area contributed by atoms with Crippen LogP contribution >= 0.6 is 0 Å². The minimum absolute atomic E-state index is 0.0608. The molecule has 0 unspecified atom stereocenters. The van der Waals surface area contributed by atoms with E-state index in [0.717, 1.165) is 5.56 Å². The van der Waals surface area contributed by atoms with Crippen molar-refractivity contribution in [2.24, 2.45) is 0 Å². The van der Waals surface area contributed by atoms with Crippen LogP contribution in [0.25, 0.3) is 0 Å². The third kappa shape index (κ3) is 3.31. The van der Waals surface area contributed by atoms with Gasteiger partial charge in [-0.15, -0.1) is 0 Å². The third-order valence-electron chi connectivity index (χ3n) is 2.93. The van der Waals surface area contributed by atoms with Gasteiger partial charge in [-0.2, -0.15) is 0 Å². The monoisotopic (exact) mass is 261 g/mol. The van der Waals surface area contributed by atoms with E-state index in [1.165, 1.54) is 0 Å². The van der Waals surface area contributed by atoms with Gasteiger partial charge < -0.3 is 10.6 Å². The molecule has 1 aliphatic heterocycles. The number of hydrogen-bond acceptors (Lipinski definition) is 3. The molecule has 0 spiro atoms. The van der Waals surface area contributed by atoms with Crippen LogP contribution in [-0.4, -0.2) is 23.9 Å². The molecule has 0 aliphatic carbocycles. The smallest absolute Gasteiger partial charge is 0.322 e. The Morgan fingerprint density at radius 3 is 2.58 bits per heavy atom. The quantitative estimate of drug-likeness (QED) is 0.688. The largest absolute Gasteiger partial charge is 0.350 e. The summed E-state index contributed by atoms with van der Waals surface area (Å²) in [5, 5.41) is 7.26. The van der Waals surface area contributed by atoms with E-state index in [0.29, 0.717) is 0 Å². The summed E-state index contributed by atoms with van der Waals surface area (Å²) in [6.07, 6.45) is -0.0608. The molecule has 1 aliphatic rings. The topological polar surface area (TPSA) is 87.3 Å². The molecule has 1 heterocycles. The molecular formula is C13H15N3O3. The third-order valence-corrected chi connectivity index (χ3v) is 2.93. The fourth-order valence-corrected chi connectivity index (χ4v) is 1.91. The zero-order chi connectivity index (χ0) is 13.8. The maximum atomic E-state index is 11.8. The molecule has 3 N–H and O–H groups in total. The maximum Gasteiger partial charge on any atom is 0.322 e. The standard InChI is InChI=1S/C13H15N3O3/c1-8(9-5-3-2-4-6-9)14-11(17)7-10-12(18)16-13(19)15-10/h2-6,8,10H,7H2,1H3,(H,14,17)(H2,15,16,18,19)/t8-,10+/m1/s1. The van der Waals surface area contributed by atoms with Crippen molar-refractivity contribution in [3.05, 3.63) is 35.9 Å². The van der Waals surface area contributed by atoms with Crippen LogP contribution in [0, 0.1) is 0 Å². The van der Waals surface area contributed by atoms with Gasteiger partial charge in [0.15, 0.2) is 0 Å². The predicted molar refractivity (Wildman–Crippen MR) is 68.1 cm³/mol. The first kappa shape index (κ1) is 13.1. The predicted octanol–water partition coefficient (Wildman–Crippen LogP) is 0.462. The van der Waals surface area contributed by atoms with Gasteiger partial charge in [0.2, 0.25) is 5.91 Å². The van der Waals surface area contributed by atoms with Crippen LogP contribution in [0.2, 0.25) is 0 Å². The molecule has 2 atom stereocenters. The minimum atomic E-state index is -0.782. The summed E-state index contributed by atoms with van der Waals surface area (Å²) in [7, 11) is 0. The van der Waals surface area contributed by atoms with Crippen molar-refractivity contribution in [1.82, 2.24) is 16.0 Å². The molecule has 0 saturated carbocycles. The second-order valence-corrected chi connectivity index (χ2v) is 4.42. The van der Waals surface area contributed by atoms with E-state index in [1.54, 1.807) is 0 Å². The average Bonchev–Trinajstić information content (AvgIpc) is 2.68. The van der Waals surface area contributed by atoms with Crippen molar-refractivity contribution in [3.63, 3.8) is 0 Å². The number of hydrogen-bond donors (Lipinski definition) is 3. The van der Waals surface area contributed by atoms with E-state index < -0.39 is 18.0 Å². The molecule has 100 valence electrons. The van der Waals surface area contributed by atoms with Crippen LogP contribution < -0.4 is 16.0 Å². The van der Waals surface area contributed by atoms with Gasteiger partial charge in [0.1, 0.15) is 6.04 Å². The summed E-state index contributed by atoms with van der Waals surface area (Å²) in [5.74, 6) is -0.744. The van der Waals surface area contributed by atoms with Gasteiger partial charge >= 0.3 is 6.03 Å². The Kier molecular flexibility index (Phi) is 3.79. The second kappa shape index (κ2) is 5.51. The fourth-order valence-electron chi connectivity index (χ4n) is 1.91. The van der Waals surface area contributed by atoms with E-state index in [9.17, 15) is 14.4 Å². The maximum absolute atomic E-state index is 11.8. The molecule has 6 heteroatoms. The van der Waals surface area contributed by atoms with Gasteiger partial charge in [0.05, 0.1) is 12.5 Å². The Bertz CT molecular complexity index is 501. The minimum Gasteiger partial charge on any atom is -0.350 e. The summed E-state index contributed by atoms with van der Waals surface area (Å²) in [5.41, 5.74) is 0.982. The Labute approximate surface area is 110 Å². The lowest BCUT2D eigenvalue weighted by atomic mass is 10.1. The highest BCUT2D eigenvalue weighted by molar-refractivity contribution is 6.05. The van der Waals surface area contributed by atoms with Gasteiger partial charge in [-0.05, 0) is 12.5 Å². The van der Waals surface area contributed by atoms with E-state index in [1.807, 2.05) is 37.3 Å². The first-order valence-corrected chi connectivity index (χ1v) is 6.02. The molecule has 0 aromatic heterocycles. The summed E-state index contributed by atoms with van der Waals surface area (Å²) in [6.45, 7) is 1.86. The van der Waals surface area contributed by atoms with Crippen LogP contribution in [0.3, 0.4) is 0 Å². The van der Waals surface area contributed by atoms with Gasteiger partial charge in [-0.3, -0.25) is 14.9 Å². The molecule has 0 bridgehead atoms. The molecule has 6 nitrogen and oxygen atoms in total. The fraction of sp³-hybridized carbons (Fsp3) is 0.308. The summed E-state index contributed by atoms with van der Waals surface area (Å²) in [4.78, 5) is 34.0. The zero-order valence-electron chi connectivity index (χ0n) is 10.5. The van der Waals surface area contributed by atoms with Gasteiger partial charge in [0.25, 0.3) is 5.91 Å². The van der Waals surface area contributed by atoms with Crippen molar-refractivity contribution in [3.8, 4) is 0 Å². The molecule has 1 fully saturated rings. The molecular weight excluding hydrogens is 246 g/mol. The Morgan fingerprint density at radius 1 is 1.32 bits per heavy atom. The lowest BCUT2D eigenvalue weighted by Gasteiger charge is -2.15. The van der Waals surface area contributed by atoms with E-state index in [-0.39, 0.29) is 18.4 Å². The lowest BCUT2D eigenvalue weighted by Crippen LogP contribution is -2.37. The van der Waals surface area contributed by atoms with Crippen molar-refractivity contribution in [2.75, 3.05) is 0 Å². The Balaban J connectivity index is 1.88. The number of carbonyl (C=O) groups is 3. The van der Waals surface area contributed by atoms with Crippen molar-refractivity contribution < 1.29 is 14.4 Å². The van der Waals surface area contributed by atoms with Crippen molar-refractivity contribution in [1.29, 1.82) is 0 Å². The van der Waals surface area contributed by atoms with Gasteiger partial charge in [0, 0.05) is 0 Å². The van der Waals surface area contributed by atoms with Gasteiger partial charge in [-0.1, -0.05) is 30.3 Å². The average molecular weight is 261 g/mol. The van der Waals surface area contributed by atoms with E-state index >= 15 is 0 Å². The number of imide groups is 1. The van der Waals surface area contributed by atoms with Gasteiger partial charge in [-0.25, -0.2) is 4.79 Å². The number of carbonyl (C=O) groups excluding carboxylic acids is 3. The normalized spacial score (nSPS) is 19.5. The number of nitrogens with one attached hydrogen (secondary N) is 3. The first-order valence-electron chi connectivity index (χ1n) is 6.02. The molecule has 2 rings (SSSR count). The first-order chi connectivity index (χ1) is 9.06. The number of benzene rings is 1. The van der Waals surface area contributed by atoms with Crippen molar-refractivity contribution >= 4 is 17.8 Å². The molecule has 1 aromatic rings. The SMILES string of the molecule is C[C@@H](NC(=O)C[C@@H]1NC(=O)NC1=O)c1ccccc1. The van der Waals surface area contributed by atoms with Crippen LogP contribution in [0.5, 0.6) is 0 Å².